The number of benzene rings is 2. The third kappa shape index (κ3) is 2.54. The van der Waals surface area contributed by atoms with Crippen molar-refractivity contribution in [1.29, 1.82) is 0 Å². The number of aromatic hydroxyl groups is 2. The molecule has 3 aromatic rings. The van der Waals surface area contributed by atoms with E-state index in [1.807, 2.05) is 0 Å². The van der Waals surface area contributed by atoms with E-state index >= 15 is 0 Å². The number of pyridine rings is 1. The zero-order chi connectivity index (χ0) is 15.7. The number of hydrogen-bond donors (Lipinski definition) is 3. The second-order valence-corrected chi connectivity index (χ2v) is 5.09. The van der Waals surface area contributed by atoms with Crippen LogP contribution in [0.15, 0.2) is 48.7 Å². The minimum absolute atomic E-state index is 0.0700. The molecular weight excluding hydrogens is 304 g/mol. The van der Waals surface area contributed by atoms with Crippen LogP contribution in [0.5, 0.6) is 11.5 Å². The fraction of sp³-hybridized carbons (Fsp3) is 0. The highest BCUT2D eigenvalue weighted by atomic mass is 35.5. The molecule has 0 radical (unpaired) electrons. The first-order valence-corrected chi connectivity index (χ1v) is 6.80. The minimum Gasteiger partial charge on any atom is -0.506 e. The van der Waals surface area contributed by atoms with Gasteiger partial charge >= 0.3 is 0 Å². The number of aromatic nitrogens is 1. The highest BCUT2D eigenvalue weighted by Crippen LogP contribution is 2.30. The van der Waals surface area contributed by atoms with Gasteiger partial charge in [-0.2, -0.15) is 0 Å². The number of nitrogens with zero attached hydrogens (tertiary/aromatic N) is 1. The number of fused-ring (bicyclic) bond motifs is 1. The van der Waals surface area contributed by atoms with Crippen molar-refractivity contribution < 1.29 is 15.0 Å². The third-order valence-corrected chi connectivity index (χ3v) is 3.44. The van der Waals surface area contributed by atoms with E-state index in [2.05, 4.69) is 10.3 Å². The monoisotopic (exact) mass is 314 g/mol. The Bertz CT molecular complexity index is 880. The van der Waals surface area contributed by atoms with Crippen LogP contribution in [0.25, 0.3) is 10.9 Å². The van der Waals surface area contributed by atoms with E-state index in [1.165, 1.54) is 24.4 Å². The van der Waals surface area contributed by atoms with Gasteiger partial charge in [0.05, 0.1) is 11.3 Å². The van der Waals surface area contributed by atoms with Gasteiger partial charge in [0.15, 0.2) is 5.75 Å². The van der Waals surface area contributed by atoms with Crippen LogP contribution in [0, 0.1) is 0 Å². The van der Waals surface area contributed by atoms with Gasteiger partial charge in [-0.05, 0) is 24.3 Å². The van der Waals surface area contributed by atoms with Gasteiger partial charge in [0, 0.05) is 22.7 Å². The maximum absolute atomic E-state index is 12.3. The number of amides is 1. The highest BCUT2D eigenvalue weighted by Gasteiger charge is 2.16. The first-order valence-electron chi connectivity index (χ1n) is 6.43. The van der Waals surface area contributed by atoms with Gasteiger partial charge in [0.2, 0.25) is 0 Å². The number of phenols is 2. The molecule has 22 heavy (non-hydrogen) atoms. The van der Waals surface area contributed by atoms with Crippen molar-refractivity contribution in [3.05, 3.63) is 59.2 Å². The Morgan fingerprint density at radius 2 is 1.95 bits per heavy atom. The summed E-state index contributed by atoms with van der Waals surface area (Å²) in [4.78, 5) is 16.3. The minimum atomic E-state index is -0.553. The van der Waals surface area contributed by atoms with Crippen LogP contribution in [0.4, 0.5) is 5.69 Å². The van der Waals surface area contributed by atoms with Gasteiger partial charge in [-0.1, -0.05) is 23.7 Å². The first-order chi connectivity index (χ1) is 10.6. The fourth-order valence-corrected chi connectivity index (χ4v) is 2.28. The number of carbonyl (C=O) groups is 1. The lowest BCUT2D eigenvalue weighted by Crippen LogP contribution is -2.12. The van der Waals surface area contributed by atoms with Gasteiger partial charge in [-0.3, -0.25) is 9.78 Å². The summed E-state index contributed by atoms with van der Waals surface area (Å²) in [5.74, 6) is -0.911. The van der Waals surface area contributed by atoms with Crippen LogP contribution < -0.4 is 5.32 Å². The molecule has 3 rings (SSSR count). The van der Waals surface area contributed by atoms with Crippen molar-refractivity contribution in [2.75, 3.05) is 5.32 Å². The van der Waals surface area contributed by atoms with Crippen LogP contribution in [0.1, 0.15) is 10.4 Å². The van der Waals surface area contributed by atoms with E-state index < -0.39 is 5.91 Å². The Labute approximate surface area is 130 Å². The zero-order valence-corrected chi connectivity index (χ0v) is 12.0. The summed E-state index contributed by atoms with van der Waals surface area (Å²) < 4.78 is 0. The Morgan fingerprint density at radius 3 is 2.73 bits per heavy atom. The maximum atomic E-state index is 12.3. The summed E-state index contributed by atoms with van der Waals surface area (Å²) in [6.45, 7) is 0. The van der Waals surface area contributed by atoms with Crippen LogP contribution in [0.3, 0.4) is 0 Å². The molecule has 0 unspecified atom stereocenters. The van der Waals surface area contributed by atoms with Gasteiger partial charge in [-0.25, -0.2) is 0 Å². The standard InChI is InChI=1S/C16H11ClN2O3/c17-10-4-6-12(13(20)8-10)19-16(22)11-5-3-9-2-1-7-18-14(9)15(11)21/h1-8,20-21H,(H,19,22). The van der Waals surface area contributed by atoms with Crippen molar-refractivity contribution in [2.45, 2.75) is 0 Å². The SMILES string of the molecule is O=C(Nc1ccc(Cl)cc1O)c1ccc2cccnc2c1O. The number of halogens is 1. The molecule has 0 saturated heterocycles. The number of carbonyl (C=O) groups excluding carboxylic acids is 1. The molecule has 2 aromatic carbocycles. The quantitative estimate of drug-likeness (QED) is 0.632. The number of rotatable bonds is 2. The van der Waals surface area contributed by atoms with E-state index in [9.17, 15) is 15.0 Å². The summed E-state index contributed by atoms with van der Waals surface area (Å²) in [5, 5.41) is 23.6. The average Bonchev–Trinajstić information content (AvgIpc) is 2.50. The van der Waals surface area contributed by atoms with E-state index in [-0.39, 0.29) is 22.7 Å². The molecule has 0 aliphatic heterocycles. The lowest BCUT2D eigenvalue weighted by Gasteiger charge is -2.10. The van der Waals surface area contributed by atoms with E-state index in [0.717, 1.165) is 5.39 Å². The van der Waals surface area contributed by atoms with E-state index in [0.29, 0.717) is 10.5 Å². The van der Waals surface area contributed by atoms with Crippen LogP contribution >= 0.6 is 11.6 Å². The largest absolute Gasteiger partial charge is 0.506 e. The lowest BCUT2D eigenvalue weighted by atomic mass is 10.1. The molecule has 5 nitrogen and oxygen atoms in total. The molecule has 0 bridgehead atoms. The molecule has 6 heteroatoms. The van der Waals surface area contributed by atoms with Gasteiger partial charge in [-0.15, -0.1) is 0 Å². The average molecular weight is 315 g/mol. The topological polar surface area (TPSA) is 82.5 Å². The Kier molecular flexibility index (Phi) is 3.56. The van der Waals surface area contributed by atoms with Gasteiger partial charge < -0.3 is 15.5 Å². The number of hydrogen-bond acceptors (Lipinski definition) is 4. The Hall–Kier alpha value is -2.79. The third-order valence-electron chi connectivity index (χ3n) is 3.20. The maximum Gasteiger partial charge on any atom is 0.259 e. The highest BCUT2D eigenvalue weighted by molar-refractivity contribution is 6.30. The number of anilines is 1. The Morgan fingerprint density at radius 1 is 1.14 bits per heavy atom. The molecule has 0 aliphatic carbocycles. The summed E-state index contributed by atoms with van der Waals surface area (Å²) in [6, 6.07) is 11.1. The predicted molar refractivity (Wildman–Crippen MR) is 84.5 cm³/mol. The zero-order valence-electron chi connectivity index (χ0n) is 11.2. The molecular formula is C16H11ClN2O3. The molecule has 1 aromatic heterocycles. The summed E-state index contributed by atoms with van der Waals surface area (Å²) >= 11 is 5.74. The second-order valence-electron chi connectivity index (χ2n) is 4.65. The van der Waals surface area contributed by atoms with Crippen LogP contribution in [-0.4, -0.2) is 21.1 Å². The van der Waals surface area contributed by atoms with Crippen molar-refractivity contribution >= 4 is 34.1 Å². The van der Waals surface area contributed by atoms with E-state index in [1.54, 1.807) is 24.3 Å². The van der Waals surface area contributed by atoms with Gasteiger partial charge in [0.25, 0.3) is 5.91 Å². The molecule has 3 N–H and O–H groups in total. The first kappa shape index (κ1) is 14.2. The van der Waals surface area contributed by atoms with Crippen molar-refractivity contribution in [3.8, 4) is 11.5 Å². The molecule has 1 amide bonds. The predicted octanol–water partition coefficient (Wildman–Crippen LogP) is 3.55. The van der Waals surface area contributed by atoms with Crippen molar-refractivity contribution in [2.24, 2.45) is 0 Å². The fourth-order valence-electron chi connectivity index (χ4n) is 2.11. The summed E-state index contributed by atoms with van der Waals surface area (Å²) in [7, 11) is 0. The molecule has 0 saturated carbocycles. The molecule has 0 spiro atoms. The second kappa shape index (κ2) is 5.54. The van der Waals surface area contributed by atoms with Crippen molar-refractivity contribution in [1.82, 2.24) is 4.98 Å². The Balaban J connectivity index is 1.97. The molecule has 110 valence electrons. The van der Waals surface area contributed by atoms with Crippen molar-refractivity contribution in [3.63, 3.8) is 0 Å². The normalized spacial score (nSPS) is 10.6. The number of nitrogens with one attached hydrogen (secondary N) is 1. The molecule has 1 heterocycles. The lowest BCUT2D eigenvalue weighted by molar-refractivity contribution is 0.102. The van der Waals surface area contributed by atoms with E-state index in [4.69, 9.17) is 11.6 Å². The summed E-state index contributed by atoms with van der Waals surface area (Å²) in [5.41, 5.74) is 0.617. The smallest absolute Gasteiger partial charge is 0.259 e. The molecule has 0 fully saturated rings. The number of phenolic OH excluding ortho intramolecular Hbond substituents is 2. The molecule has 0 atom stereocenters. The summed E-state index contributed by atoms with van der Waals surface area (Å²) in [6.07, 6.45) is 1.54. The van der Waals surface area contributed by atoms with Crippen LogP contribution in [0.2, 0.25) is 5.02 Å². The molecule has 0 aliphatic rings. The van der Waals surface area contributed by atoms with Crippen LogP contribution in [-0.2, 0) is 0 Å². The van der Waals surface area contributed by atoms with Gasteiger partial charge in [0.1, 0.15) is 11.3 Å².